The highest BCUT2D eigenvalue weighted by Gasteiger charge is 2.31. The van der Waals surface area contributed by atoms with E-state index in [4.69, 9.17) is 0 Å². The lowest BCUT2D eigenvalue weighted by atomic mass is 10.2. The predicted molar refractivity (Wildman–Crippen MR) is 47.7 cm³/mol. The summed E-state index contributed by atoms with van der Waals surface area (Å²) in [5.41, 5.74) is -0.163. The first-order chi connectivity index (χ1) is 5.91. The zero-order chi connectivity index (χ0) is 10.5. The van der Waals surface area contributed by atoms with Crippen LogP contribution in [0.4, 0.5) is 13.2 Å². The Balaban J connectivity index is 4.58. The van der Waals surface area contributed by atoms with E-state index in [9.17, 15) is 13.2 Å². The molecule has 0 heterocycles. The molecule has 0 saturated carbocycles. The molecule has 0 aromatic carbocycles. The summed E-state index contributed by atoms with van der Waals surface area (Å²) in [5.74, 6) is 0. The summed E-state index contributed by atoms with van der Waals surface area (Å²) in [7, 11) is 0. The zero-order valence-corrected chi connectivity index (χ0v) is 7.65. The Hall–Kier alpha value is -1.06. The van der Waals surface area contributed by atoms with E-state index in [-0.39, 0.29) is 0 Å². The summed E-state index contributed by atoms with van der Waals surface area (Å²) in [6.07, 6.45) is -1.03. The second-order valence-corrected chi connectivity index (χ2v) is 2.47. The molecule has 0 N–H and O–H groups in total. The summed E-state index contributed by atoms with van der Waals surface area (Å²) in [6, 6.07) is 0. The third-order valence-electron chi connectivity index (χ3n) is 1.50. The van der Waals surface area contributed by atoms with Gasteiger partial charge < -0.3 is 0 Å². The number of alkyl halides is 3. The molecule has 0 saturated heterocycles. The molecule has 0 radical (unpaired) electrons. The van der Waals surface area contributed by atoms with Crippen LogP contribution in [-0.4, -0.2) is 11.9 Å². The van der Waals surface area contributed by atoms with E-state index in [0.717, 1.165) is 6.92 Å². The highest BCUT2D eigenvalue weighted by Crippen LogP contribution is 2.17. The average molecular weight is 191 g/mol. The van der Waals surface area contributed by atoms with Crippen LogP contribution in [0.1, 0.15) is 20.3 Å². The summed E-state index contributed by atoms with van der Waals surface area (Å²) in [4.78, 5) is 3.30. The predicted octanol–water partition coefficient (Wildman–Crippen LogP) is 3.49. The molecule has 4 heteroatoms. The molecule has 0 aromatic rings. The van der Waals surface area contributed by atoms with Gasteiger partial charge in [-0.25, -0.2) is 0 Å². The first-order valence-corrected chi connectivity index (χ1v) is 3.85. The van der Waals surface area contributed by atoms with Crippen LogP contribution in [0.15, 0.2) is 29.4 Å². The maximum Gasteiger partial charge on any atom is 0.429 e. The Bertz CT molecular complexity index is 236. The van der Waals surface area contributed by atoms with E-state index in [1.165, 1.54) is 12.3 Å². The van der Waals surface area contributed by atoms with Crippen LogP contribution in [0.3, 0.4) is 0 Å². The number of hydrogen-bond acceptors (Lipinski definition) is 1. The molecule has 0 aliphatic carbocycles. The summed E-state index contributed by atoms with van der Waals surface area (Å²) in [5, 5.41) is 0. The minimum absolute atomic E-state index is 0.623. The van der Waals surface area contributed by atoms with Gasteiger partial charge in [0.1, 0.15) is 5.71 Å². The maximum absolute atomic E-state index is 11.9. The van der Waals surface area contributed by atoms with E-state index in [0.29, 0.717) is 12.0 Å². The lowest BCUT2D eigenvalue weighted by Crippen LogP contribution is -2.18. The van der Waals surface area contributed by atoms with Gasteiger partial charge in [-0.3, -0.25) is 4.99 Å². The van der Waals surface area contributed by atoms with Gasteiger partial charge in [0.15, 0.2) is 0 Å². The molecule has 0 aromatic heterocycles. The van der Waals surface area contributed by atoms with Crippen LogP contribution >= 0.6 is 0 Å². The highest BCUT2D eigenvalue weighted by molar-refractivity contribution is 5.87. The van der Waals surface area contributed by atoms with Gasteiger partial charge in [-0.2, -0.15) is 13.2 Å². The van der Waals surface area contributed by atoms with Crippen molar-refractivity contribution in [1.29, 1.82) is 0 Å². The van der Waals surface area contributed by atoms with Gasteiger partial charge in [0.05, 0.1) is 0 Å². The minimum atomic E-state index is -4.34. The number of aliphatic imine (C=N–C) groups is 1. The van der Waals surface area contributed by atoms with Gasteiger partial charge in [0.25, 0.3) is 0 Å². The summed E-state index contributed by atoms with van der Waals surface area (Å²) >= 11 is 0. The van der Waals surface area contributed by atoms with E-state index >= 15 is 0 Å². The number of hydrogen-bond donors (Lipinski definition) is 0. The Morgan fingerprint density at radius 2 is 2.00 bits per heavy atom. The van der Waals surface area contributed by atoms with E-state index in [1.807, 2.05) is 6.92 Å². The second-order valence-electron chi connectivity index (χ2n) is 2.47. The number of halogens is 3. The molecule has 0 spiro atoms. The largest absolute Gasteiger partial charge is 0.429 e. The van der Waals surface area contributed by atoms with Crippen molar-refractivity contribution in [1.82, 2.24) is 0 Å². The van der Waals surface area contributed by atoms with Crippen molar-refractivity contribution in [3.63, 3.8) is 0 Å². The van der Waals surface area contributed by atoms with Crippen LogP contribution in [0, 0.1) is 0 Å². The van der Waals surface area contributed by atoms with Gasteiger partial charge in [-0.15, -0.1) is 0 Å². The molecule has 13 heavy (non-hydrogen) atoms. The Kier molecular flexibility index (Phi) is 4.45. The third-order valence-corrected chi connectivity index (χ3v) is 1.50. The molecule has 1 nitrogen and oxygen atoms in total. The van der Waals surface area contributed by atoms with Crippen molar-refractivity contribution in [2.24, 2.45) is 4.99 Å². The fourth-order valence-electron chi connectivity index (χ4n) is 0.541. The van der Waals surface area contributed by atoms with Crippen molar-refractivity contribution >= 4 is 5.71 Å². The molecule has 0 aliphatic rings. The number of rotatable bonds is 3. The molecular formula is C9H12F3N. The van der Waals surface area contributed by atoms with Crippen LogP contribution in [0.25, 0.3) is 0 Å². The first kappa shape index (κ1) is 11.9. The van der Waals surface area contributed by atoms with E-state index in [2.05, 4.69) is 11.6 Å². The standard InChI is InChI=1S/C9H12F3N/c1-4-8(5-2)6-13-7(3)9(10,11)12/h4,6H,1,5H2,2-3H3/b8-6+,13-7+. The van der Waals surface area contributed by atoms with Crippen molar-refractivity contribution in [2.75, 3.05) is 0 Å². The summed E-state index contributed by atoms with van der Waals surface area (Å²) in [6.45, 7) is 6.22. The van der Waals surface area contributed by atoms with Crippen LogP contribution in [0.5, 0.6) is 0 Å². The normalized spacial score (nSPS) is 14.5. The zero-order valence-electron chi connectivity index (χ0n) is 7.65. The fourth-order valence-corrected chi connectivity index (χ4v) is 0.541. The van der Waals surface area contributed by atoms with Crippen molar-refractivity contribution in [2.45, 2.75) is 26.4 Å². The number of allylic oxidation sites excluding steroid dienone is 2. The molecule has 0 rings (SSSR count). The van der Waals surface area contributed by atoms with Crippen LogP contribution < -0.4 is 0 Å². The molecule has 0 atom stereocenters. The van der Waals surface area contributed by atoms with Gasteiger partial charge in [0.2, 0.25) is 0 Å². The molecule has 0 fully saturated rings. The smallest absolute Gasteiger partial charge is 0.256 e. The van der Waals surface area contributed by atoms with Gasteiger partial charge in [-0.05, 0) is 18.9 Å². The fraction of sp³-hybridized carbons (Fsp3) is 0.444. The van der Waals surface area contributed by atoms with Crippen molar-refractivity contribution in [3.05, 3.63) is 24.4 Å². The monoisotopic (exact) mass is 191 g/mol. The van der Waals surface area contributed by atoms with Gasteiger partial charge >= 0.3 is 6.18 Å². The molecule has 0 unspecified atom stereocenters. The quantitative estimate of drug-likeness (QED) is 0.478. The molecular weight excluding hydrogens is 179 g/mol. The highest BCUT2D eigenvalue weighted by atomic mass is 19.4. The average Bonchev–Trinajstić information content (AvgIpc) is 2.04. The lowest BCUT2D eigenvalue weighted by molar-refractivity contribution is -0.0591. The van der Waals surface area contributed by atoms with Crippen LogP contribution in [0.2, 0.25) is 0 Å². The van der Waals surface area contributed by atoms with Gasteiger partial charge in [0, 0.05) is 6.20 Å². The number of nitrogens with zero attached hydrogens (tertiary/aromatic N) is 1. The van der Waals surface area contributed by atoms with Crippen molar-refractivity contribution in [3.8, 4) is 0 Å². The molecule has 0 aliphatic heterocycles. The second kappa shape index (κ2) is 4.84. The van der Waals surface area contributed by atoms with Gasteiger partial charge in [-0.1, -0.05) is 19.6 Å². The SMILES string of the molecule is C=C/C(=C\N=C(/C)C(F)(F)F)CC. The maximum atomic E-state index is 11.9. The van der Waals surface area contributed by atoms with E-state index < -0.39 is 11.9 Å². The summed E-state index contributed by atoms with van der Waals surface area (Å²) < 4.78 is 35.8. The Morgan fingerprint density at radius 3 is 2.31 bits per heavy atom. The van der Waals surface area contributed by atoms with E-state index in [1.54, 1.807) is 0 Å². The lowest BCUT2D eigenvalue weighted by Gasteiger charge is -2.03. The molecule has 74 valence electrons. The molecule has 0 amide bonds. The third kappa shape index (κ3) is 4.50. The van der Waals surface area contributed by atoms with Crippen LogP contribution in [-0.2, 0) is 0 Å². The minimum Gasteiger partial charge on any atom is -0.256 e. The van der Waals surface area contributed by atoms with Crippen molar-refractivity contribution < 1.29 is 13.2 Å². The Morgan fingerprint density at radius 1 is 1.46 bits per heavy atom. The topological polar surface area (TPSA) is 12.4 Å². The molecule has 0 bridgehead atoms. The Labute approximate surface area is 75.7 Å². The first-order valence-electron chi connectivity index (χ1n) is 3.85.